The largest absolute Gasteiger partial charge is 0.353 e. The van der Waals surface area contributed by atoms with Gasteiger partial charge in [-0.05, 0) is 30.7 Å². The second-order valence-corrected chi connectivity index (χ2v) is 7.47. The molecule has 3 aromatic rings. The molecule has 0 saturated carbocycles. The molecule has 1 atom stereocenters. The summed E-state index contributed by atoms with van der Waals surface area (Å²) in [6, 6.07) is 13.0. The van der Waals surface area contributed by atoms with Crippen molar-refractivity contribution < 1.29 is 13.6 Å². The highest BCUT2D eigenvalue weighted by molar-refractivity contribution is 5.99. The molecule has 0 spiro atoms. The minimum atomic E-state index is -2.74. The number of anilines is 2. The fourth-order valence-corrected chi connectivity index (χ4v) is 4.23. The van der Waals surface area contributed by atoms with Crippen LogP contribution in [0.25, 0.3) is 5.65 Å². The molecule has 4 heterocycles. The van der Waals surface area contributed by atoms with E-state index in [9.17, 15) is 13.6 Å². The van der Waals surface area contributed by atoms with Crippen molar-refractivity contribution in [3.63, 3.8) is 0 Å². The van der Waals surface area contributed by atoms with Crippen molar-refractivity contribution in [1.29, 1.82) is 0 Å². The quantitative estimate of drug-likeness (QED) is 0.652. The van der Waals surface area contributed by atoms with Crippen molar-refractivity contribution in [2.45, 2.75) is 18.9 Å². The number of benzene rings is 1. The van der Waals surface area contributed by atoms with E-state index in [0.29, 0.717) is 37.6 Å². The third-order valence-electron chi connectivity index (χ3n) is 5.79. The summed E-state index contributed by atoms with van der Waals surface area (Å²) in [7, 11) is 0. The van der Waals surface area contributed by atoms with Crippen molar-refractivity contribution in [2.75, 3.05) is 42.5 Å². The zero-order chi connectivity index (χ0) is 20.7. The number of aromatic nitrogens is 4. The summed E-state index contributed by atoms with van der Waals surface area (Å²) in [5.74, 6) is 0.288. The van der Waals surface area contributed by atoms with Gasteiger partial charge in [-0.3, -0.25) is 9.69 Å². The number of fused-ring (bicyclic) bond motifs is 1. The lowest BCUT2D eigenvalue weighted by molar-refractivity contribution is -0.121. The van der Waals surface area contributed by atoms with Gasteiger partial charge in [-0.1, -0.05) is 18.2 Å². The number of para-hydroxylation sites is 1. The van der Waals surface area contributed by atoms with Gasteiger partial charge in [0.15, 0.2) is 5.65 Å². The van der Waals surface area contributed by atoms with Crippen molar-refractivity contribution in [3.05, 3.63) is 48.3 Å². The van der Waals surface area contributed by atoms with Crippen LogP contribution in [0.15, 0.2) is 42.5 Å². The van der Waals surface area contributed by atoms with Crippen LogP contribution in [0.5, 0.6) is 0 Å². The van der Waals surface area contributed by atoms with E-state index in [1.54, 1.807) is 12.1 Å². The Balaban J connectivity index is 1.26. The number of piperazine rings is 1. The van der Waals surface area contributed by atoms with E-state index in [2.05, 4.69) is 20.2 Å². The average Bonchev–Trinajstić information content (AvgIpc) is 3.37. The number of hydrogen-bond acceptors (Lipinski definition) is 6. The minimum Gasteiger partial charge on any atom is -0.353 e. The van der Waals surface area contributed by atoms with E-state index >= 15 is 0 Å². The predicted molar refractivity (Wildman–Crippen MR) is 107 cm³/mol. The number of alkyl halides is 2. The smallest absolute Gasteiger partial charge is 0.299 e. The van der Waals surface area contributed by atoms with Crippen molar-refractivity contribution in [2.24, 2.45) is 0 Å². The molecular weight excluding hydrogens is 392 g/mol. The predicted octanol–water partition coefficient (Wildman–Crippen LogP) is 1.99. The monoisotopic (exact) mass is 413 g/mol. The van der Waals surface area contributed by atoms with Crippen molar-refractivity contribution in [1.82, 2.24) is 24.7 Å². The molecule has 2 saturated heterocycles. The second kappa shape index (κ2) is 7.60. The van der Waals surface area contributed by atoms with E-state index in [0.717, 1.165) is 23.2 Å². The third kappa shape index (κ3) is 3.26. The van der Waals surface area contributed by atoms with E-state index in [1.807, 2.05) is 40.1 Å². The van der Waals surface area contributed by atoms with Gasteiger partial charge in [0.1, 0.15) is 5.82 Å². The van der Waals surface area contributed by atoms with Gasteiger partial charge in [0.05, 0.1) is 6.04 Å². The van der Waals surface area contributed by atoms with Gasteiger partial charge in [0.25, 0.3) is 6.43 Å². The van der Waals surface area contributed by atoms with Crippen molar-refractivity contribution >= 4 is 23.1 Å². The van der Waals surface area contributed by atoms with Crippen LogP contribution in [-0.4, -0.2) is 69.4 Å². The highest BCUT2D eigenvalue weighted by Crippen LogP contribution is 2.26. The van der Waals surface area contributed by atoms with E-state index in [4.69, 9.17) is 0 Å². The first-order valence-corrected chi connectivity index (χ1v) is 9.98. The summed E-state index contributed by atoms with van der Waals surface area (Å²) in [5, 5.41) is 11.6. The first kappa shape index (κ1) is 18.9. The number of carbonyl (C=O) groups is 1. The van der Waals surface area contributed by atoms with Crippen molar-refractivity contribution in [3.8, 4) is 0 Å². The first-order valence-electron chi connectivity index (χ1n) is 9.98. The molecule has 30 heavy (non-hydrogen) atoms. The lowest BCUT2D eigenvalue weighted by Gasteiger charge is -2.37. The second-order valence-electron chi connectivity index (χ2n) is 7.47. The Hall–Kier alpha value is -3.14. The molecule has 10 heteroatoms. The third-order valence-corrected chi connectivity index (χ3v) is 5.79. The van der Waals surface area contributed by atoms with Crippen LogP contribution in [0.1, 0.15) is 18.7 Å². The average molecular weight is 413 g/mol. The summed E-state index contributed by atoms with van der Waals surface area (Å²) < 4.78 is 27.3. The van der Waals surface area contributed by atoms with Gasteiger partial charge in [-0.15, -0.1) is 15.3 Å². The summed E-state index contributed by atoms with van der Waals surface area (Å²) in [4.78, 5) is 19.0. The lowest BCUT2D eigenvalue weighted by atomic mass is 10.2. The van der Waals surface area contributed by atoms with Gasteiger partial charge >= 0.3 is 0 Å². The minimum absolute atomic E-state index is 0.119. The maximum atomic E-state index is 13.1. The van der Waals surface area contributed by atoms with Gasteiger partial charge in [0.2, 0.25) is 11.7 Å². The normalized spacial score (nSPS) is 20.6. The molecule has 0 radical (unpaired) electrons. The van der Waals surface area contributed by atoms with Gasteiger partial charge in [-0.25, -0.2) is 8.78 Å². The van der Waals surface area contributed by atoms with Crippen LogP contribution < -0.4 is 9.80 Å². The molecule has 2 aromatic heterocycles. The Morgan fingerprint density at radius 3 is 2.43 bits per heavy atom. The molecule has 0 N–H and O–H groups in total. The van der Waals surface area contributed by atoms with E-state index in [-0.39, 0.29) is 11.9 Å². The molecule has 0 bridgehead atoms. The van der Waals surface area contributed by atoms with Crippen LogP contribution in [0.4, 0.5) is 20.3 Å². The highest BCUT2D eigenvalue weighted by atomic mass is 19.3. The molecular formula is C20H21F2N7O. The standard InChI is InChI=1S/C20H21F2N7O/c21-18(22)19-24-23-16-6-7-17(25-29(16)19)27-12-10-26(11-13-27)15-8-9-28(20(15)30)14-4-2-1-3-5-14/h1-7,15,18H,8-13H2. The Labute approximate surface area is 171 Å². The highest BCUT2D eigenvalue weighted by Gasteiger charge is 2.37. The zero-order valence-electron chi connectivity index (χ0n) is 16.2. The number of halogens is 2. The van der Waals surface area contributed by atoms with Crippen LogP contribution >= 0.6 is 0 Å². The molecule has 1 amide bonds. The fourth-order valence-electron chi connectivity index (χ4n) is 4.23. The topological polar surface area (TPSA) is 69.9 Å². The first-order chi connectivity index (χ1) is 14.6. The number of carbonyl (C=O) groups excluding carboxylic acids is 1. The number of amides is 1. The summed E-state index contributed by atoms with van der Waals surface area (Å²) in [6.45, 7) is 3.47. The SMILES string of the molecule is O=C1C(N2CCN(c3ccc4nnc(C(F)F)n4n3)CC2)CCN1c1ccccc1. The van der Waals surface area contributed by atoms with E-state index in [1.165, 1.54) is 0 Å². The molecule has 2 aliphatic rings. The zero-order valence-corrected chi connectivity index (χ0v) is 16.2. The van der Waals surface area contributed by atoms with Crippen LogP contribution in [0.3, 0.4) is 0 Å². The molecule has 1 unspecified atom stereocenters. The Morgan fingerprint density at radius 2 is 1.70 bits per heavy atom. The van der Waals surface area contributed by atoms with Crippen LogP contribution in [-0.2, 0) is 4.79 Å². The Bertz CT molecular complexity index is 1050. The number of nitrogens with zero attached hydrogens (tertiary/aromatic N) is 7. The van der Waals surface area contributed by atoms with Gasteiger partial charge in [0, 0.05) is 38.4 Å². The molecule has 156 valence electrons. The molecule has 8 nitrogen and oxygen atoms in total. The van der Waals surface area contributed by atoms with E-state index < -0.39 is 12.2 Å². The van der Waals surface area contributed by atoms with Gasteiger partial charge in [-0.2, -0.15) is 4.52 Å². The summed E-state index contributed by atoms with van der Waals surface area (Å²) >= 11 is 0. The summed E-state index contributed by atoms with van der Waals surface area (Å²) in [5.41, 5.74) is 1.23. The summed E-state index contributed by atoms with van der Waals surface area (Å²) in [6.07, 6.45) is -1.93. The maximum Gasteiger partial charge on any atom is 0.299 e. The maximum absolute atomic E-state index is 13.1. The molecule has 2 fully saturated rings. The molecule has 0 aliphatic carbocycles. The van der Waals surface area contributed by atoms with Crippen LogP contribution in [0.2, 0.25) is 0 Å². The van der Waals surface area contributed by atoms with Gasteiger partial charge < -0.3 is 9.80 Å². The number of hydrogen-bond donors (Lipinski definition) is 0. The number of rotatable bonds is 4. The lowest BCUT2D eigenvalue weighted by Crippen LogP contribution is -2.52. The molecule has 1 aromatic carbocycles. The fraction of sp³-hybridized carbons (Fsp3) is 0.400. The van der Waals surface area contributed by atoms with Crippen LogP contribution in [0, 0.1) is 0 Å². The molecule has 5 rings (SSSR count). The Morgan fingerprint density at radius 1 is 0.933 bits per heavy atom. The molecule has 2 aliphatic heterocycles. The Kier molecular flexibility index (Phi) is 4.78.